The maximum atomic E-state index is 13.3. The van der Waals surface area contributed by atoms with Crippen molar-refractivity contribution in [3.05, 3.63) is 99.6 Å². The van der Waals surface area contributed by atoms with Gasteiger partial charge in [0.15, 0.2) is 6.61 Å². The third-order valence-electron chi connectivity index (χ3n) is 7.58. The average molecular weight is 542 g/mol. The number of nitrogens with one attached hydrogen (secondary N) is 1. The lowest BCUT2D eigenvalue weighted by Crippen LogP contribution is -2.30. The van der Waals surface area contributed by atoms with Crippen LogP contribution in [0.3, 0.4) is 0 Å². The summed E-state index contributed by atoms with van der Waals surface area (Å²) in [4.78, 5) is 62.9. The molecule has 1 saturated carbocycles. The molecule has 10 nitrogen and oxygen atoms in total. The Bertz CT molecular complexity index is 1490. The summed E-state index contributed by atoms with van der Waals surface area (Å²) < 4.78 is 5.07. The number of imide groups is 1. The number of carbonyl (C=O) groups is 4. The SMILES string of the molecule is Cc1ccc(NC(=O)COC(=O)c2ccc(N3C(=O)[C@H]4C[C@H](c5ccccc5)CC[C@H]4C3=O)cc2)cc1[N+](=O)[O-]. The van der Waals surface area contributed by atoms with E-state index in [0.29, 0.717) is 24.1 Å². The van der Waals surface area contributed by atoms with Crippen molar-refractivity contribution in [2.45, 2.75) is 32.1 Å². The quantitative estimate of drug-likeness (QED) is 0.197. The Morgan fingerprint density at radius 3 is 2.38 bits per heavy atom. The van der Waals surface area contributed by atoms with E-state index in [1.54, 1.807) is 6.92 Å². The van der Waals surface area contributed by atoms with Gasteiger partial charge in [0.1, 0.15) is 0 Å². The van der Waals surface area contributed by atoms with Crippen LogP contribution in [0.15, 0.2) is 72.8 Å². The first-order chi connectivity index (χ1) is 19.2. The molecule has 1 aliphatic carbocycles. The number of nitrogens with zero attached hydrogens (tertiary/aromatic N) is 2. The first kappa shape index (κ1) is 26.7. The molecule has 204 valence electrons. The number of nitro benzene ring substituents is 1. The third kappa shape index (κ3) is 5.33. The summed E-state index contributed by atoms with van der Waals surface area (Å²) in [6.45, 7) is 0.984. The predicted octanol–water partition coefficient (Wildman–Crippen LogP) is 4.77. The lowest BCUT2D eigenvalue weighted by Gasteiger charge is -2.28. The summed E-state index contributed by atoms with van der Waals surface area (Å²) in [5.41, 5.74) is 2.22. The van der Waals surface area contributed by atoms with Crippen LogP contribution in [0.5, 0.6) is 0 Å². The number of esters is 1. The summed E-state index contributed by atoms with van der Waals surface area (Å²) in [5.74, 6) is -2.35. The van der Waals surface area contributed by atoms with Crippen LogP contribution in [0.1, 0.15) is 46.7 Å². The van der Waals surface area contributed by atoms with E-state index in [0.717, 1.165) is 6.42 Å². The molecule has 0 radical (unpaired) electrons. The Morgan fingerprint density at radius 2 is 1.68 bits per heavy atom. The first-order valence-corrected chi connectivity index (χ1v) is 13.0. The fourth-order valence-corrected chi connectivity index (χ4v) is 5.50. The standard InChI is InChI=1S/C30H27N3O7/c1-18-7-11-22(16-26(18)33(38)39)31-27(34)17-40-30(37)20-8-12-23(13-9-20)32-28(35)24-14-10-21(15-25(24)29(32)36)19-5-3-2-4-6-19/h2-9,11-13,16,21,24-25H,10,14-15,17H2,1H3,(H,31,34)/t21-,24-,25+/m1/s1. The van der Waals surface area contributed by atoms with Gasteiger partial charge >= 0.3 is 5.97 Å². The number of rotatable bonds is 7. The number of hydrogen-bond donors (Lipinski definition) is 1. The fourth-order valence-electron chi connectivity index (χ4n) is 5.50. The van der Waals surface area contributed by atoms with Crippen molar-refractivity contribution >= 4 is 40.8 Å². The number of hydrogen-bond acceptors (Lipinski definition) is 7. The number of carbonyl (C=O) groups excluding carboxylic acids is 4. The number of amides is 3. The van der Waals surface area contributed by atoms with Gasteiger partial charge in [0.25, 0.3) is 11.6 Å². The highest BCUT2D eigenvalue weighted by Crippen LogP contribution is 2.45. The number of anilines is 2. The van der Waals surface area contributed by atoms with Crippen molar-refractivity contribution in [2.75, 3.05) is 16.8 Å². The Balaban J connectivity index is 1.19. The van der Waals surface area contributed by atoms with E-state index >= 15 is 0 Å². The van der Waals surface area contributed by atoms with Crippen molar-refractivity contribution < 1.29 is 28.8 Å². The minimum Gasteiger partial charge on any atom is -0.452 e. The third-order valence-corrected chi connectivity index (χ3v) is 7.58. The zero-order valence-electron chi connectivity index (χ0n) is 21.7. The van der Waals surface area contributed by atoms with Crippen molar-refractivity contribution in [3.8, 4) is 0 Å². The zero-order valence-corrected chi connectivity index (χ0v) is 21.7. The number of nitro groups is 1. The smallest absolute Gasteiger partial charge is 0.338 e. The number of fused-ring (bicyclic) bond motifs is 1. The summed E-state index contributed by atoms with van der Waals surface area (Å²) in [6.07, 6.45) is 2.11. The summed E-state index contributed by atoms with van der Waals surface area (Å²) in [6, 6.07) is 20.2. The van der Waals surface area contributed by atoms with Gasteiger partial charge in [-0.1, -0.05) is 36.4 Å². The van der Waals surface area contributed by atoms with Gasteiger partial charge in [-0.05, 0) is 68.0 Å². The van der Waals surface area contributed by atoms with Crippen molar-refractivity contribution in [1.82, 2.24) is 0 Å². The number of ether oxygens (including phenoxy) is 1. The molecule has 0 aromatic heterocycles. The number of benzene rings is 3. The molecule has 1 saturated heterocycles. The topological polar surface area (TPSA) is 136 Å². The molecule has 5 rings (SSSR count). The molecule has 2 fully saturated rings. The summed E-state index contributed by atoms with van der Waals surface area (Å²) in [7, 11) is 0. The van der Waals surface area contributed by atoms with Crippen LogP contribution in [0.2, 0.25) is 0 Å². The van der Waals surface area contributed by atoms with Gasteiger partial charge in [0.2, 0.25) is 11.8 Å². The molecule has 3 amide bonds. The molecule has 0 spiro atoms. The molecule has 2 aliphatic rings. The minimum atomic E-state index is -0.768. The number of aryl methyl sites for hydroxylation is 1. The van der Waals surface area contributed by atoms with Crippen molar-refractivity contribution in [1.29, 1.82) is 0 Å². The lowest BCUT2D eigenvalue weighted by atomic mass is 9.73. The van der Waals surface area contributed by atoms with Crippen LogP contribution in [-0.2, 0) is 19.1 Å². The van der Waals surface area contributed by atoms with Gasteiger partial charge in [-0.2, -0.15) is 0 Å². The molecular weight excluding hydrogens is 514 g/mol. The van der Waals surface area contributed by atoms with Crippen LogP contribution in [0, 0.1) is 28.9 Å². The fraction of sp³-hybridized carbons (Fsp3) is 0.267. The van der Waals surface area contributed by atoms with E-state index < -0.39 is 23.4 Å². The second-order valence-electron chi connectivity index (χ2n) is 10.1. The molecule has 1 aliphatic heterocycles. The second kappa shape index (κ2) is 11.1. The van der Waals surface area contributed by atoms with Gasteiger partial charge < -0.3 is 10.1 Å². The van der Waals surface area contributed by atoms with E-state index in [1.165, 1.54) is 52.9 Å². The van der Waals surface area contributed by atoms with Crippen LogP contribution in [-0.4, -0.2) is 35.2 Å². The monoisotopic (exact) mass is 541 g/mol. The molecule has 0 unspecified atom stereocenters. The molecular formula is C30H27N3O7. The van der Waals surface area contributed by atoms with Crippen LogP contribution >= 0.6 is 0 Å². The highest BCUT2D eigenvalue weighted by atomic mass is 16.6. The predicted molar refractivity (Wildman–Crippen MR) is 146 cm³/mol. The summed E-state index contributed by atoms with van der Waals surface area (Å²) >= 11 is 0. The highest BCUT2D eigenvalue weighted by Gasteiger charge is 2.50. The molecule has 3 aromatic carbocycles. The van der Waals surface area contributed by atoms with Gasteiger partial charge in [-0.25, -0.2) is 4.79 Å². The Kier molecular flexibility index (Phi) is 7.41. The Morgan fingerprint density at radius 1 is 0.975 bits per heavy atom. The molecule has 0 bridgehead atoms. The lowest BCUT2D eigenvalue weighted by molar-refractivity contribution is -0.385. The van der Waals surface area contributed by atoms with E-state index in [9.17, 15) is 29.3 Å². The van der Waals surface area contributed by atoms with Gasteiger partial charge in [-0.3, -0.25) is 29.4 Å². The zero-order chi connectivity index (χ0) is 28.4. The Hall–Kier alpha value is -4.86. The summed E-state index contributed by atoms with van der Waals surface area (Å²) in [5, 5.41) is 13.6. The van der Waals surface area contributed by atoms with Crippen LogP contribution < -0.4 is 10.2 Å². The molecule has 10 heteroatoms. The van der Waals surface area contributed by atoms with Crippen molar-refractivity contribution in [3.63, 3.8) is 0 Å². The molecule has 3 aromatic rings. The van der Waals surface area contributed by atoms with Gasteiger partial charge in [0.05, 0.1) is 28.0 Å². The van der Waals surface area contributed by atoms with E-state index in [-0.39, 0.29) is 46.5 Å². The Labute approximate surface area is 230 Å². The van der Waals surface area contributed by atoms with E-state index in [2.05, 4.69) is 17.4 Å². The normalized spacial score (nSPS) is 20.1. The van der Waals surface area contributed by atoms with E-state index in [1.807, 2.05) is 18.2 Å². The second-order valence-corrected chi connectivity index (χ2v) is 10.1. The minimum absolute atomic E-state index is 0.139. The van der Waals surface area contributed by atoms with E-state index in [4.69, 9.17) is 4.74 Å². The van der Waals surface area contributed by atoms with Gasteiger partial charge in [0, 0.05) is 17.3 Å². The van der Waals surface area contributed by atoms with Crippen molar-refractivity contribution in [2.24, 2.45) is 11.8 Å². The van der Waals surface area contributed by atoms with Crippen LogP contribution in [0.4, 0.5) is 17.1 Å². The molecule has 1 heterocycles. The molecule has 3 atom stereocenters. The molecule has 1 N–H and O–H groups in total. The largest absolute Gasteiger partial charge is 0.452 e. The maximum absolute atomic E-state index is 13.3. The first-order valence-electron chi connectivity index (χ1n) is 13.0. The van der Waals surface area contributed by atoms with Crippen LogP contribution in [0.25, 0.3) is 0 Å². The highest BCUT2D eigenvalue weighted by molar-refractivity contribution is 6.22. The maximum Gasteiger partial charge on any atom is 0.338 e. The molecule has 40 heavy (non-hydrogen) atoms. The van der Waals surface area contributed by atoms with Gasteiger partial charge in [-0.15, -0.1) is 0 Å². The average Bonchev–Trinajstić information content (AvgIpc) is 3.22.